The molecule has 1 heterocycles. The minimum absolute atomic E-state index is 0.299. The number of hydrogen-bond acceptors (Lipinski definition) is 5. The molecule has 0 saturated heterocycles. The normalized spacial score (nSPS) is 11.1. The van der Waals surface area contributed by atoms with E-state index in [9.17, 15) is 32.9 Å². The van der Waals surface area contributed by atoms with Crippen molar-refractivity contribution in [1.29, 1.82) is 0 Å². The Balaban J connectivity index is 1.97. The molecule has 144 valence electrons. The highest BCUT2D eigenvalue weighted by molar-refractivity contribution is 5.95. The molecule has 1 aromatic carbocycles. The molecule has 2 aromatic rings. The number of aromatic nitrogens is 2. The fourth-order valence-corrected chi connectivity index (χ4v) is 2.13. The van der Waals surface area contributed by atoms with Gasteiger partial charge in [-0.2, -0.15) is 18.3 Å². The van der Waals surface area contributed by atoms with Crippen molar-refractivity contribution in [2.45, 2.75) is 12.7 Å². The largest absolute Gasteiger partial charge is 0.418 e. The lowest BCUT2D eigenvalue weighted by Gasteiger charge is -2.18. The van der Waals surface area contributed by atoms with Crippen molar-refractivity contribution in [3.8, 4) is 0 Å². The van der Waals surface area contributed by atoms with Gasteiger partial charge < -0.3 is 10.2 Å². The Hall–Kier alpha value is -3.44. The molecular weight excluding hydrogens is 371 g/mol. The number of rotatable bonds is 6. The van der Waals surface area contributed by atoms with Gasteiger partial charge in [-0.15, -0.1) is 0 Å². The number of likely N-dealkylation sites (N-methyl/N-ethyl adjacent to an activating group) is 1. The molecule has 12 heteroatoms. The summed E-state index contributed by atoms with van der Waals surface area (Å²) in [7, 11) is 1.27. The second-order valence-electron chi connectivity index (χ2n) is 5.49. The van der Waals surface area contributed by atoms with Crippen molar-refractivity contribution >= 4 is 23.2 Å². The molecule has 0 saturated carbocycles. The summed E-state index contributed by atoms with van der Waals surface area (Å²) in [5.74, 6) is -1.43. The van der Waals surface area contributed by atoms with Gasteiger partial charge in [0.05, 0.1) is 22.7 Å². The number of nitrogens with zero attached hydrogens (tertiary/aromatic N) is 4. The van der Waals surface area contributed by atoms with Crippen LogP contribution in [-0.2, 0) is 22.3 Å². The van der Waals surface area contributed by atoms with E-state index >= 15 is 0 Å². The first-order valence-corrected chi connectivity index (χ1v) is 7.45. The van der Waals surface area contributed by atoms with Crippen LogP contribution in [0.4, 0.5) is 24.5 Å². The Kier molecular flexibility index (Phi) is 5.78. The standard InChI is InChI=1S/C15H14F3N5O4/c1-21(14(25)9-22-7-10(6-19-22)23(26)27)8-13(24)20-12-5-3-2-4-11(12)15(16,17)18/h2-7H,8-9H2,1H3,(H,20,24). The fourth-order valence-electron chi connectivity index (χ4n) is 2.13. The van der Waals surface area contributed by atoms with Crippen molar-refractivity contribution in [3.05, 3.63) is 52.3 Å². The second-order valence-corrected chi connectivity index (χ2v) is 5.49. The molecule has 2 amide bonds. The van der Waals surface area contributed by atoms with Crippen LogP contribution in [0.25, 0.3) is 0 Å². The Morgan fingerprint density at radius 3 is 2.59 bits per heavy atom. The van der Waals surface area contributed by atoms with Crippen LogP contribution in [-0.4, -0.2) is 45.0 Å². The van der Waals surface area contributed by atoms with E-state index in [1.54, 1.807) is 0 Å². The highest BCUT2D eigenvalue weighted by atomic mass is 19.4. The number of nitrogens with one attached hydrogen (secondary N) is 1. The van der Waals surface area contributed by atoms with Crippen molar-refractivity contribution in [3.63, 3.8) is 0 Å². The van der Waals surface area contributed by atoms with Crippen molar-refractivity contribution in [2.75, 3.05) is 18.9 Å². The molecular formula is C15H14F3N5O4. The molecule has 0 atom stereocenters. The number of amides is 2. The van der Waals surface area contributed by atoms with Crippen LogP contribution in [0.2, 0.25) is 0 Å². The van der Waals surface area contributed by atoms with Crippen molar-refractivity contribution in [2.24, 2.45) is 0 Å². The van der Waals surface area contributed by atoms with E-state index in [2.05, 4.69) is 10.4 Å². The molecule has 0 spiro atoms. The molecule has 0 radical (unpaired) electrons. The Bertz CT molecular complexity index is 865. The van der Waals surface area contributed by atoms with Crippen LogP contribution >= 0.6 is 0 Å². The van der Waals surface area contributed by atoms with E-state index in [-0.39, 0.29) is 12.2 Å². The zero-order chi connectivity index (χ0) is 20.2. The summed E-state index contributed by atoms with van der Waals surface area (Å²) in [4.78, 5) is 34.9. The predicted octanol–water partition coefficient (Wildman–Crippen LogP) is 1.91. The van der Waals surface area contributed by atoms with E-state index in [1.165, 1.54) is 19.2 Å². The topological polar surface area (TPSA) is 110 Å². The van der Waals surface area contributed by atoms with Gasteiger partial charge in [-0.3, -0.25) is 24.4 Å². The Morgan fingerprint density at radius 1 is 1.33 bits per heavy atom. The molecule has 0 aliphatic rings. The maximum absolute atomic E-state index is 12.9. The lowest BCUT2D eigenvalue weighted by molar-refractivity contribution is -0.385. The molecule has 27 heavy (non-hydrogen) atoms. The maximum Gasteiger partial charge on any atom is 0.418 e. The summed E-state index contributed by atoms with van der Waals surface area (Å²) in [6.07, 6.45) is -2.63. The van der Waals surface area contributed by atoms with Crippen LogP contribution in [0.3, 0.4) is 0 Å². The first-order chi connectivity index (χ1) is 12.6. The van der Waals surface area contributed by atoms with Gasteiger partial charge >= 0.3 is 11.9 Å². The number of benzene rings is 1. The summed E-state index contributed by atoms with van der Waals surface area (Å²) in [6.45, 7) is -0.870. The van der Waals surface area contributed by atoms with Crippen LogP contribution in [0.1, 0.15) is 5.56 Å². The molecule has 9 nitrogen and oxygen atoms in total. The molecule has 0 aliphatic carbocycles. The first kappa shape index (κ1) is 19.9. The molecule has 0 bridgehead atoms. The van der Waals surface area contributed by atoms with E-state index in [1.807, 2.05) is 0 Å². The summed E-state index contributed by atoms with van der Waals surface area (Å²) in [5.41, 5.74) is -1.72. The number of halogens is 3. The fraction of sp³-hybridized carbons (Fsp3) is 0.267. The average Bonchev–Trinajstić information content (AvgIpc) is 3.03. The second kappa shape index (κ2) is 7.85. The van der Waals surface area contributed by atoms with E-state index < -0.39 is 40.7 Å². The number of hydrogen-bond donors (Lipinski definition) is 1. The third kappa shape index (κ3) is 5.26. The van der Waals surface area contributed by atoms with Crippen LogP contribution in [0.5, 0.6) is 0 Å². The Labute approximate surface area is 150 Å². The van der Waals surface area contributed by atoms with Gasteiger partial charge in [0, 0.05) is 7.05 Å². The lowest BCUT2D eigenvalue weighted by atomic mass is 10.1. The number of carbonyl (C=O) groups is 2. The van der Waals surface area contributed by atoms with Gasteiger partial charge in [0.2, 0.25) is 11.8 Å². The quantitative estimate of drug-likeness (QED) is 0.603. The summed E-state index contributed by atoms with van der Waals surface area (Å²) < 4.78 is 39.8. The predicted molar refractivity (Wildman–Crippen MR) is 86.6 cm³/mol. The molecule has 0 aliphatic heterocycles. The molecule has 1 aromatic heterocycles. The van der Waals surface area contributed by atoms with Crippen LogP contribution < -0.4 is 5.32 Å². The minimum Gasteiger partial charge on any atom is -0.335 e. The molecule has 2 rings (SSSR count). The van der Waals surface area contributed by atoms with Gasteiger partial charge in [0.15, 0.2) is 0 Å². The zero-order valence-corrected chi connectivity index (χ0v) is 13.9. The van der Waals surface area contributed by atoms with Crippen LogP contribution in [0.15, 0.2) is 36.7 Å². The third-order valence-electron chi connectivity index (χ3n) is 3.44. The monoisotopic (exact) mass is 385 g/mol. The number of carbonyl (C=O) groups excluding carboxylic acids is 2. The highest BCUT2D eigenvalue weighted by Gasteiger charge is 2.33. The van der Waals surface area contributed by atoms with Gasteiger partial charge in [-0.1, -0.05) is 12.1 Å². The van der Waals surface area contributed by atoms with Crippen LogP contribution in [0, 0.1) is 10.1 Å². The van der Waals surface area contributed by atoms with Gasteiger partial charge in [-0.25, -0.2) is 0 Å². The average molecular weight is 385 g/mol. The zero-order valence-electron chi connectivity index (χ0n) is 13.9. The molecule has 1 N–H and O–H groups in total. The minimum atomic E-state index is -4.64. The lowest BCUT2D eigenvalue weighted by Crippen LogP contribution is -2.37. The van der Waals surface area contributed by atoms with Crippen molar-refractivity contribution in [1.82, 2.24) is 14.7 Å². The number of para-hydroxylation sites is 1. The van der Waals surface area contributed by atoms with Gasteiger partial charge in [-0.05, 0) is 12.1 Å². The summed E-state index contributed by atoms with van der Waals surface area (Å²) >= 11 is 0. The third-order valence-corrected chi connectivity index (χ3v) is 3.44. The van der Waals surface area contributed by atoms with Crippen molar-refractivity contribution < 1.29 is 27.7 Å². The summed E-state index contributed by atoms with van der Waals surface area (Å²) in [6, 6.07) is 4.46. The first-order valence-electron chi connectivity index (χ1n) is 7.45. The van der Waals surface area contributed by atoms with E-state index in [4.69, 9.17) is 0 Å². The molecule has 0 fully saturated rings. The smallest absolute Gasteiger partial charge is 0.335 e. The number of alkyl halides is 3. The maximum atomic E-state index is 12.9. The molecule has 0 unspecified atom stereocenters. The van der Waals surface area contributed by atoms with Gasteiger partial charge in [0.1, 0.15) is 18.9 Å². The van der Waals surface area contributed by atoms with E-state index in [0.717, 1.165) is 34.1 Å². The summed E-state index contributed by atoms with van der Waals surface area (Å²) in [5, 5.41) is 16.3. The number of nitro groups is 1. The van der Waals surface area contributed by atoms with E-state index in [0.29, 0.717) is 0 Å². The highest BCUT2D eigenvalue weighted by Crippen LogP contribution is 2.34. The number of anilines is 1. The van der Waals surface area contributed by atoms with Gasteiger partial charge in [0.25, 0.3) is 0 Å². The SMILES string of the molecule is CN(CC(=O)Nc1ccccc1C(F)(F)F)C(=O)Cn1cc([N+](=O)[O-])cn1. The Morgan fingerprint density at radius 2 is 2.00 bits per heavy atom.